The Morgan fingerprint density at radius 1 is 0.521 bits per heavy atom. The molecule has 2 aromatic heterocycles. The van der Waals surface area contributed by atoms with Gasteiger partial charge in [-0.1, -0.05) is 78.9 Å². The molecule has 222 valence electrons. The molecule has 0 aliphatic carbocycles. The van der Waals surface area contributed by atoms with Crippen LogP contribution in [0.5, 0.6) is 0 Å². The number of pyridine rings is 1. The maximum Gasteiger partial charge on any atom is 0.0991 e. The highest BCUT2D eigenvalue weighted by Gasteiger charge is 2.17. The summed E-state index contributed by atoms with van der Waals surface area (Å²) in [7, 11) is 0. The van der Waals surface area contributed by atoms with Crippen molar-refractivity contribution in [2.24, 2.45) is 0 Å². The van der Waals surface area contributed by atoms with Crippen molar-refractivity contribution in [2.45, 2.75) is 0 Å². The Kier molecular flexibility index (Phi) is 5.81. The van der Waals surface area contributed by atoms with E-state index in [1.165, 1.54) is 63.6 Å². The standard InChI is InChI=1S/C44H25N3S/c45-26-27-7-14-32(15-8-27)47(34-18-20-37-36-5-1-2-6-40(36)48-41(37)25-34)33-16-11-28(12-17-33)35-19-13-29-9-10-30-24-31-4-3-23-46-44(31)39-22-21-38(35)42(29)43(30)39/h1-25H. The van der Waals surface area contributed by atoms with Gasteiger partial charge < -0.3 is 4.90 Å². The highest BCUT2D eigenvalue weighted by Crippen LogP contribution is 2.44. The molecule has 8 aromatic carbocycles. The van der Waals surface area contributed by atoms with E-state index in [-0.39, 0.29) is 0 Å². The zero-order chi connectivity index (χ0) is 31.8. The van der Waals surface area contributed by atoms with E-state index in [4.69, 9.17) is 4.98 Å². The Labute approximate surface area is 280 Å². The summed E-state index contributed by atoms with van der Waals surface area (Å²) in [5.74, 6) is 0. The van der Waals surface area contributed by atoms with Crippen LogP contribution in [-0.4, -0.2) is 4.98 Å². The van der Waals surface area contributed by atoms with Crippen LogP contribution in [0.25, 0.3) is 74.5 Å². The Hall–Kier alpha value is -6.28. The van der Waals surface area contributed by atoms with Crippen LogP contribution in [0.3, 0.4) is 0 Å². The predicted octanol–water partition coefficient (Wildman–Crippen LogP) is 12.5. The van der Waals surface area contributed by atoms with E-state index >= 15 is 0 Å². The normalized spacial score (nSPS) is 11.7. The van der Waals surface area contributed by atoms with Gasteiger partial charge in [-0.05, 0) is 105 Å². The molecule has 48 heavy (non-hydrogen) atoms. The molecule has 10 rings (SSSR count). The average Bonchev–Trinajstić information content (AvgIpc) is 3.52. The Morgan fingerprint density at radius 2 is 1.21 bits per heavy atom. The number of anilines is 3. The number of thiophene rings is 1. The van der Waals surface area contributed by atoms with Crippen LogP contribution in [0, 0.1) is 11.3 Å². The first kappa shape index (κ1) is 26.9. The molecule has 0 atom stereocenters. The fourth-order valence-electron chi connectivity index (χ4n) is 7.45. The first-order valence-electron chi connectivity index (χ1n) is 16.0. The zero-order valence-corrected chi connectivity index (χ0v) is 26.5. The first-order chi connectivity index (χ1) is 23.7. The van der Waals surface area contributed by atoms with Crippen LogP contribution in [0.2, 0.25) is 0 Å². The predicted molar refractivity (Wildman–Crippen MR) is 203 cm³/mol. The molecule has 2 heterocycles. The van der Waals surface area contributed by atoms with Gasteiger partial charge >= 0.3 is 0 Å². The van der Waals surface area contributed by atoms with Crippen LogP contribution >= 0.6 is 11.3 Å². The van der Waals surface area contributed by atoms with Crippen molar-refractivity contribution in [1.82, 2.24) is 4.98 Å². The van der Waals surface area contributed by atoms with E-state index in [0.717, 1.165) is 28.0 Å². The lowest BCUT2D eigenvalue weighted by Gasteiger charge is -2.26. The van der Waals surface area contributed by atoms with Crippen LogP contribution in [-0.2, 0) is 0 Å². The smallest absolute Gasteiger partial charge is 0.0991 e. The second-order valence-electron chi connectivity index (χ2n) is 12.3. The molecule has 10 aromatic rings. The molecule has 0 amide bonds. The van der Waals surface area contributed by atoms with Gasteiger partial charge in [0.15, 0.2) is 0 Å². The Bertz CT molecular complexity index is 2900. The van der Waals surface area contributed by atoms with Crippen molar-refractivity contribution in [2.75, 3.05) is 4.90 Å². The quantitative estimate of drug-likeness (QED) is 0.144. The molecule has 0 unspecified atom stereocenters. The lowest BCUT2D eigenvalue weighted by atomic mass is 9.89. The largest absolute Gasteiger partial charge is 0.310 e. The van der Waals surface area contributed by atoms with Gasteiger partial charge in [0.2, 0.25) is 0 Å². The van der Waals surface area contributed by atoms with Crippen molar-refractivity contribution in [1.29, 1.82) is 5.26 Å². The summed E-state index contributed by atoms with van der Waals surface area (Å²) in [6.45, 7) is 0. The van der Waals surface area contributed by atoms with Crippen LogP contribution in [0.4, 0.5) is 17.1 Å². The van der Waals surface area contributed by atoms with Crippen molar-refractivity contribution in [3.63, 3.8) is 0 Å². The van der Waals surface area contributed by atoms with Crippen LogP contribution < -0.4 is 4.90 Å². The molecule has 0 N–H and O–H groups in total. The van der Waals surface area contributed by atoms with Crippen molar-refractivity contribution in [3.8, 4) is 17.2 Å². The number of nitriles is 1. The number of aromatic nitrogens is 1. The first-order valence-corrected chi connectivity index (χ1v) is 16.8. The molecule has 0 fully saturated rings. The molecule has 0 bridgehead atoms. The van der Waals surface area contributed by atoms with E-state index in [0.29, 0.717) is 5.56 Å². The van der Waals surface area contributed by atoms with Gasteiger partial charge in [-0.2, -0.15) is 5.26 Å². The molecular formula is C44H25N3S. The minimum Gasteiger partial charge on any atom is -0.310 e. The maximum absolute atomic E-state index is 9.47. The van der Waals surface area contributed by atoms with Crippen LogP contribution in [0.15, 0.2) is 152 Å². The number of fused-ring (bicyclic) bond motifs is 5. The monoisotopic (exact) mass is 627 g/mol. The molecule has 0 spiro atoms. The molecule has 0 radical (unpaired) electrons. The summed E-state index contributed by atoms with van der Waals surface area (Å²) in [4.78, 5) is 7.04. The highest BCUT2D eigenvalue weighted by molar-refractivity contribution is 7.25. The van der Waals surface area contributed by atoms with E-state index in [9.17, 15) is 5.26 Å². The maximum atomic E-state index is 9.47. The summed E-state index contributed by atoms with van der Waals surface area (Å²) in [5.41, 5.74) is 7.21. The molecule has 4 heteroatoms. The topological polar surface area (TPSA) is 39.9 Å². The summed E-state index contributed by atoms with van der Waals surface area (Å²) in [5, 5.41) is 20.7. The molecule has 0 aliphatic heterocycles. The average molecular weight is 628 g/mol. The number of benzene rings is 8. The molecule has 0 saturated carbocycles. The number of nitrogens with zero attached hydrogens (tertiary/aromatic N) is 3. The summed E-state index contributed by atoms with van der Waals surface area (Å²) in [6.07, 6.45) is 1.88. The van der Waals surface area contributed by atoms with Gasteiger partial charge in [0, 0.05) is 54.2 Å². The fourth-order valence-corrected chi connectivity index (χ4v) is 8.59. The summed E-state index contributed by atoms with van der Waals surface area (Å²) >= 11 is 1.82. The SMILES string of the molecule is N#Cc1ccc(N(c2ccc(-c3ccc4ccc5cc6cccnc6c6ccc3c4c56)cc2)c2ccc3c(c2)sc2ccccc23)cc1. The Balaban J connectivity index is 1.12. The molecule has 3 nitrogen and oxygen atoms in total. The van der Waals surface area contributed by atoms with Gasteiger partial charge in [0.05, 0.1) is 17.1 Å². The van der Waals surface area contributed by atoms with E-state index in [2.05, 4.69) is 126 Å². The van der Waals surface area contributed by atoms with E-state index in [1.54, 1.807) is 0 Å². The molecule has 0 saturated heterocycles. The van der Waals surface area contributed by atoms with E-state index in [1.807, 2.05) is 47.9 Å². The highest BCUT2D eigenvalue weighted by atomic mass is 32.1. The second-order valence-corrected chi connectivity index (χ2v) is 13.4. The van der Waals surface area contributed by atoms with Crippen LogP contribution in [0.1, 0.15) is 5.56 Å². The third-order valence-corrected chi connectivity index (χ3v) is 10.8. The molecule has 0 aliphatic rings. The van der Waals surface area contributed by atoms with Crippen molar-refractivity contribution < 1.29 is 0 Å². The Morgan fingerprint density at radius 3 is 2.06 bits per heavy atom. The number of rotatable bonds is 4. The van der Waals surface area contributed by atoms with Gasteiger partial charge in [0.1, 0.15) is 0 Å². The third kappa shape index (κ3) is 4.02. The van der Waals surface area contributed by atoms with Crippen molar-refractivity contribution >= 4 is 91.8 Å². The summed E-state index contributed by atoms with van der Waals surface area (Å²) < 4.78 is 2.54. The minimum atomic E-state index is 0.645. The fraction of sp³-hybridized carbons (Fsp3) is 0. The second kappa shape index (κ2) is 10.4. The number of hydrogen-bond acceptors (Lipinski definition) is 4. The summed E-state index contributed by atoms with van der Waals surface area (Å²) in [6, 6.07) is 54.2. The van der Waals surface area contributed by atoms with E-state index < -0.39 is 0 Å². The van der Waals surface area contributed by atoms with Gasteiger partial charge in [-0.25, -0.2) is 0 Å². The van der Waals surface area contributed by atoms with Gasteiger partial charge in [0.25, 0.3) is 0 Å². The lowest BCUT2D eigenvalue weighted by molar-refractivity contribution is 1.29. The lowest BCUT2D eigenvalue weighted by Crippen LogP contribution is -2.09. The number of hydrogen-bond donors (Lipinski definition) is 0. The minimum absolute atomic E-state index is 0.645. The van der Waals surface area contributed by atoms with Gasteiger partial charge in [-0.15, -0.1) is 11.3 Å². The van der Waals surface area contributed by atoms with Crippen molar-refractivity contribution in [3.05, 3.63) is 157 Å². The zero-order valence-electron chi connectivity index (χ0n) is 25.7. The third-order valence-electron chi connectivity index (χ3n) is 9.66. The van der Waals surface area contributed by atoms with Gasteiger partial charge in [-0.3, -0.25) is 4.98 Å². The molecular weight excluding hydrogens is 603 g/mol.